The molecule has 0 spiro atoms. The maximum absolute atomic E-state index is 15.7. The predicted octanol–water partition coefficient (Wildman–Crippen LogP) is 5.97. The van der Waals surface area contributed by atoms with Crippen molar-refractivity contribution in [2.24, 2.45) is 0 Å². The van der Waals surface area contributed by atoms with Gasteiger partial charge in [0.05, 0.1) is 27.0 Å². The Balaban J connectivity index is 1.85. The molecule has 2 heterocycles. The van der Waals surface area contributed by atoms with E-state index in [9.17, 15) is 17.2 Å². The number of hydrogen-bond donors (Lipinski definition) is 2. The quantitative estimate of drug-likeness (QED) is 0.339. The van der Waals surface area contributed by atoms with Gasteiger partial charge in [0.1, 0.15) is 17.5 Å². The summed E-state index contributed by atoms with van der Waals surface area (Å²) in [6, 6.07) is 11.7. The minimum atomic E-state index is -4.77. The van der Waals surface area contributed by atoms with Crippen LogP contribution in [0.5, 0.6) is 0 Å². The number of anilines is 2. The van der Waals surface area contributed by atoms with Crippen molar-refractivity contribution in [2.75, 3.05) is 10.5 Å². The average Bonchev–Trinajstić information content (AvgIpc) is 3.21. The highest BCUT2D eigenvalue weighted by molar-refractivity contribution is 7.92. The van der Waals surface area contributed by atoms with Gasteiger partial charge in [-0.3, -0.25) is 4.72 Å². The first-order valence-electron chi connectivity index (χ1n) is 10.4. The number of sulfonamides is 1. The summed E-state index contributed by atoms with van der Waals surface area (Å²) >= 11 is 1.32. The average molecular weight is 519 g/mol. The second-order valence-corrected chi connectivity index (χ2v) is 11.3. The monoisotopic (exact) mass is 518 g/mol. The molecule has 2 aromatic heterocycles. The molecule has 0 radical (unpaired) electrons. The van der Waals surface area contributed by atoms with Crippen LogP contribution in [-0.2, 0) is 15.4 Å². The molecule has 35 heavy (non-hydrogen) atoms. The number of nitrogens with two attached hydrogens (primary N) is 1. The van der Waals surface area contributed by atoms with Crippen LogP contribution in [0.4, 0.5) is 24.7 Å². The van der Waals surface area contributed by atoms with Gasteiger partial charge in [0.2, 0.25) is 0 Å². The third-order valence-electron chi connectivity index (χ3n) is 4.96. The molecule has 2 aromatic carbocycles. The van der Waals surface area contributed by atoms with E-state index in [-0.39, 0.29) is 22.5 Å². The van der Waals surface area contributed by atoms with Crippen molar-refractivity contribution in [3.63, 3.8) is 0 Å². The molecule has 0 bridgehead atoms. The Bertz CT molecular complexity index is 1510. The summed E-state index contributed by atoms with van der Waals surface area (Å²) in [5.74, 6) is -3.27. The highest BCUT2D eigenvalue weighted by atomic mass is 32.2. The van der Waals surface area contributed by atoms with E-state index in [1.165, 1.54) is 23.5 Å². The molecular formula is C24H21F3N4O2S2. The third-order valence-corrected chi connectivity index (χ3v) is 7.88. The molecule has 0 unspecified atom stereocenters. The van der Waals surface area contributed by atoms with Crippen LogP contribution in [0.15, 0.2) is 59.5 Å². The molecule has 3 N–H and O–H groups in total. The zero-order valence-corrected chi connectivity index (χ0v) is 20.6. The molecule has 4 rings (SSSR count). The number of aromatic nitrogens is 2. The van der Waals surface area contributed by atoms with Crippen molar-refractivity contribution < 1.29 is 21.6 Å². The number of hydrogen-bond acceptors (Lipinski definition) is 6. The van der Waals surface area contributed by atoms with Crippen LogP contribution >= 0.6 is 11.3 Å². The SMILES string of the molecule is CC(C)(C)c1nc(-c2cccc(NS(=O)(=O)c3c(F)cccc3F)c2F)c(-c2cccc(N)n2)s1. The van der Waals surface area contributed by atoms with E-state index in [2.05, 4.69) is 9.97 Å². The van der Waals surface area contributed by atoms with E-state index in [0.717, 1.165) is 24.3 Å². The van der Waals surface area contributed by atoms with Gasteiger partial charge in [-0.25, -0.2) is 31.6 Å². The Morgan fingerprint density at radius 2 is 1.54 bits per heavy atom. The Morgan fingerprint density at radius 1 is 0.914 bits per heavy atom. The molecule has 0 saturated carbocycles. The zero-order valence-electron chi connectivity index (χ0n) is 18.9. The minimum absolute atomic E-state index is 0.00909. The summed E-state index contributed by atoms with van der Waals surface area (Å²) < 4.78 is 71.3. The molecule has 0 aliphatic rings. The molecule has 0 atom stereocenters. The number of halogens is 3. The molecule has 182 valence electrons. The van der Waals surface area contributed by atoms with Gasteiger partial charge in [0.25, 0.3) is 10.0 Å². The van der Waals surface area contributed by atoms with Crippen molar-refractivity contribution in [1.29, 1.82) is 0 Å². The second kappa shape index (κ2) is 8.97. The summed E-state index contributed by atoms with van der Waals surface area (Å²) in [5.41, 5.74) is 5.71. The van der Waals surface area contributed by atoms with Crippen LogP contribution in [0, 0.1) is 17.5 Å². The molecule has 0 fully saturated rings. The Kier molecular flexibility index (Phi) is 6.32. The first-order valence-corrected chi connectivity index (χ1v) is 12.7. The smallest absolute Gasteiger partial charge is 0.267 e. The lowest BCUT2D eigenvalue weighted by atomic mass is 9.98. The fourth-order valence-corrected chi connectivity index (χ4v) is 5.61. The first kappa shape index (κ1) is 24.7. The summed E-state index contributed by atoms with van der Waals surface area (Å²) in [5, 5.41) is 0.700. The topological polar surface area (TPSA) is 98.0 Å². The third kappa shape index (κ3) is 4.87. The maximum Gasteiger partial charge on any atom is 0.267 e. The highest BCUT2D eigenvalue weighted by Crippen LogP contribution is 2.42. The van der Waals surface area contributed by atoms with Crippen LogP contribution < -0.4 is 10.5 Å². The fourth-order valence-electron chi connectivity index (χ4n) is 3.30. The second-order valence-electron chi connectivity index (χ2n) is 8.72. The summed E-state index contributed by atoms with van der Waals surface area (Å²) in [7, 11) is -4.77. The van der Waals surface area contributed by atoms with Gasteiger partial charge in [0.15, 0.2) is 10.7 Å². The lowest BCUT2D eigenvalue weighted by Gasteiger charge is -2.14. The zero-order chi connectivity index (χ0) is 25.5. The number of nitrogens with one attached hydrogen (secondary N) is 1. The van der Waals surface area contributed by atoms with Gasteiger partial charge < -0.3 is 5.73 Å². The van der Waals surface area contributed by atoms with Crippen LogP contribution in [-0.4, -0.2) is 18.4 Å². The van der Waals surface area contributed by atoms with Crippen LogP contribution in [0.25, 0.3) is 21.8 Å². The predicted molar refractivity (Wildman–Crippen MR) is 131 cm³/mol. The first-order chi connectivity index (χ1) is 16.4. The fraction of sp³-hybridized carbons (Fsp3) is 0.167. The lowest BCUT2D eigenvalue weighted by Crippen LogP contribution is -2.17. The van der Waals surface area contributed by atoms with E-state index in [1.807, 2.05) is 25.5 Å². The molecule has 0 aliphatic carbocycles. The Labute approximate surface area is 204 Å². The van der Waals surface area contributed by atoms with Gasteiger partial charge >= 0.3 is 0 Å². The van der Waals surface area contributed by atoms with Crippen molar-refractivity contribution >= 4 is 32.9 Å². The van der Waals surface area contributed by atoms with E-state index in [1.54, 1.807) is 18.2 Å². The Morgan fingerprint density at radius 3 is 2.17 bits per heavy atom. The maximum atomic E-state index is 15.7. The summed E-state index contributed by atoms with van der Waals surface area (Å²) in [6.07, 6.45) is 0. The standard InChI is InChI=1S/C24H21F3N4O2S2/c1-24(2,3)23-30-20(21(34-23)17-11-6-12-18(28)29-17)13-7-4-10-16(19(13)27)31-35(32,33)22-14(25)8-5-9-15(22)26/h4-12,31H,1-3H3,(H2,28,29). The van der Waals surface area contributed by atoms with Crippen LogP contribution in [0.2, 0.25) is 0 Å². The largest absolute Gasteiger partial charge is 0.384 e. The number of nitrogen functional groups attached to an aromatic ring is 1. The van der Waals surface area contributed by atoms with Crippen molar-refractivity contribution in [3.8, 4) is 21.8 Å². The van der Waals surface area contributed by atoms with Crippen molar-refractivity contribution in [2.45, 2.75) is 31.1 Å². The molecule has 0 aliphatic heterocycles. The van der Waals surface area contributed by atoms with E-state index < -0.39 is 38.1 Å². The lowest BCUT2D eigenvalue weighted by molar-refractivity contribution is 0.521. The minimum Gasteiger partial charge on any atom is -0.384 e. The van der Waals surface area contributed by atoms with Crippen molar-refractivity contribution in [1.82, 2.24) is 9.97 Å². The van der Waals surface area contributed by atoms with Crippen LogP contribution in [0.1, 0.15) is 25.8 Å². The molecule has 0 amide bonds. The van der Waals surface area contributed by atoms with E-state index in [0.29, 0.717) is 15.6 Å². The molecule has 0 saturated heterocycles. The molecule has 6 nitrogen and oxygen atoms in total. The molecule has 4 aromatic rings. The number of rotatable bonds is 5. The normalized spacial score (nSPS) is 12.1. The van der Waals surface area contributed by atoms with Gasteiger partial charge in [-0.15, -0.1) is 11.3 Å². The number of pyridine rings is 1. The summed E-state index contributed by atoms with van der Waals surface area (Å²) in [6.45, 7) is 5.86. The summed E-state index contributed by atoms with van der Waals surface area (Å²) in [4.78, 5) is 8.32. The van der Waals surface area contributed by atoms with E-state index >= 15 is 4.39 Å². The highest BCUT2D eigenvalue weighted by Gasteiger charge is 2.28. The Hall–Kier alpha value is -3.44. The number of thiazole rings is 1. The molecular weight excluding hydrogens is 497 g/mol. The molecule has 11 heteroatoms. The van der Waals surface area contributed by atoms with E-state index in [4.69, 9.17) is 5.73 Å². The number of nitrogens with zero attached hydrogens (tertiary/aromatic N) is 2. The van der Waals surface area contributed by atoms with Gasteiger partial charge in [-0.05, 0) is 36.4 Å². The van der Waals surface area contributed by atoms with Gasteiger partial charge in [-0.2, -0.15) is 0 Å². The van der Waals surface area contributed by atoms with Crippen molar-refractivity contribution in [3.05, 3.63) is 77.1 Å². The van der Waals surface area contributed by atoms with Gasteiger partial charge in [-0.1, -0.05) is 39.0 Å². The van der Waals surface area contributed by atoms with Crippen LogP contribution in [0.3, 0.4) is 0 Å². The van der Waals surface area contributed by atoms with Gasteiger partial charge in [0, 0.05) is 11.0 Å². The number of benzene rings is 2.